The molecule has 9 heteroatoms. The number of hydrogen-bond acceptors (Lipinski definition) is 5. The lowest BCUT2D eigenvalue weighted by atomic mass is 10.1. The Bertz CT molecular complexity index is 864. The van der Waals surface area contributed by atoms with Gasteiger partial charge >= 0.3 is 6.18 Å². The summed E-state index contributed by atoms with van der Waals surface area (Å²) in [5, 5.41) is 13.3. The summed E-state index contributed by atoms with van der Waals surface area (Å²) in [6, 6.07) is 6.56. The minimum atomic E-state index is -4.59. The van der Waals surface area contributed by atoms with E-state index in [0.29, 0.717) is 4.47 Å². The van der Waals surface area contributed by atoms with Crippen LogP contribution in [0, 0.1) is 0 Å². The van der Waals surface area contributed by atoms with Gasteiger partial charge in [0.15, 0.2) is 0 Å². The number of rotatable bonds is 2. The van der Waals surface area contributed by atoms with Crippen LogP contribution in [0.3, 0.4) is 0 Å². The van der Waals surface area contributed by atoms with Crippen LogP contribution < -0.4 is 0 Å². The zero-order valence-corrected chi connectivity index (χ0v) is 12.8. The zero-order valence-electron chi connectivity index (χ0n) is 11.2. The van der Waals surface area contributed by atoms with Crippen molar-refractivity contribution in [2.45, 2.75) is 6.18 Å². The van der Waals surface area contributed by atoms with Gasteiger partial charge in [0, 0.05) is 10.7 Å². The molecule has 0 radical (unpaired) electrons. The van der Waals surface area contributed by atoms with Crippen LogP contribution in [-0.4, -0.2) is 20.2 Å². The average molecular weight is 386 g/mol. The fourth-order valence-electron chi connectivity index (χ4n) is 1.92. The molecule has 118 valence electrons. The molecule has 1 aromatic carbocycles. The van der Waals surface area contributed by atoms with E-state index in [9.17, 15) is 18.3 Å². The van der Waals surface area contributed by atoms with Gasteiger partial charge in [0.1, 0.15) is 11.4 Å². The largest absolute Gasteiger partial charge is 0.507 e. The van der Waals surface area contributed by atoms with Crippen LogP contribution in [0.2, 0.25) is 0 Å². The van der Waals surface area contributed by atoms with Gasteiger partial charge in [-0.15, -0.1) is 0 Å². The average Bonchev–Trinajstić information content (AvgIpc) is 2.98. The number of benzene rings is 1. The van der Waals surface area contributed by atoms with Crippen molar-refractivity contribution < 1.29 is 22.8 Å². The van der Waals surface area contributed by atoms with E-state index in [-0.39, 0.29) is 23.0 Å². The minimum absolute atomic E-state index is 0.113. The summed E-state index contributed by atoms with van der Waals surface area (Å²) in [6.45, 7) is 0. The van der Waals surface area contributed by atoms with Gasteiger partial charge in [0.25, 0.3) is 5.89 Å². The van der Waals surface area contributed by atoms with E-state index < -0.39 is 17.4 Å². The number of phenols is 1. The summed E-state index contributed by atoms with van der Waals surface area (Å²) in [6.07, 6.45) is -3.39. The van der Waals surface area contributed by atoms with Gasteiger partial charge < -0.3 is 9.63 Å². The van der Waals surface area contributed by atoms with Crippen molar-refractivity contribution in [2.24, 2.45) is 0 Å². The smallest absolute Gasteiger partial charge is 0.418 e. The van der Waals surface area contributed by atoms with E-state index in [0.717, 1.165) is 6.07 Å². The number of pyridine rings is 1. The Balaban J connectivity index is 2.09. The van der Waals surface area contributed by atoms with E-state index in [1.165, 1.54) is 24.4 Å². The Morgan fingerprint density at radius 3 is 2.70 bits per heavy atom. The maximum atomic E-state index is 13.0. The number of phenolic OH excluding ortho intramolecular Hbond substituents is 1. The van der Waals surface area contributed by atoms with Crippen molar-refractivity contribution in [3.63, 3.8) is 0 Å². The van der Waals surface area contributed by atoms with E-state index in [2.05, 4.69) is 31.1 Å². The van der Waals surface area contributed by atoms with Crippen LogP contribution in [-0.2, 0) is 6.18 Å². The first kappa shape index (κ1) is 15.5. The third-order valence-electron chi connectivity index (χ3n) is 2.94. The summed E-state index contributed by atoms with van der Waals surface area (Å²) in [5.41, 5.74) is -1.21. The molecule has 0 spiro atoms. The molecule has 5 nitrogen and oxygen atoms in total. The molecule has 0 fully saturated rings. The highest BCUT2D eigenvalue weighted by Crippen LogP contribution is 2.36. The predicted molar refractivity (Wildman–Crippen MR) is 77.3 cm³/mol. The molecule has 2 aromatic heterocycles. The molecule has 0 saturated heterocycles. The minimum Gasteiger partial charge on any atom is -0.507 e. The first-order chi connectivity index (χ1) is 10.9. The lowest BCUT2D eigenvalue weighted by Crippen LogP contribution is -2.08. The molecule has 0 aliphatic rings. The maximum Gasteiger partial charge on any atom is 0.418 e. The highest BCUT2D eigenvalue weighted by atomic mass is 79.9. The molecule has 1 N–H and O–H groups in total. The molecular weight excluding hydrogens is 379 g/mol. The monoisotopic (exact) mass is 385 g/mol. The van der Waals surface area contributed by atoms with Crippen LogP contribution >= 0.6 is 15.9 Å². The first-order valence-electron chi connectivity index (χ1n) is 6.21. The first-order valence-corrected chi connectivity index (χ1v) is 7.01. The highest BCUT2D eigenvalue weighted by molar-refractivity contribution is 9.10. The van der Waals surface area contributed by atoms with Crippen LogP contribution in [0.5, 0.6) is 5.75 Å². The predicted octanol–water partition coefficient (Wildman–Crippen LogP) is 4.29. The molecule has 0 bridgehead atoms. The lowest BCUT2D eigenvalue weighted by molar-refractivity contribution is -0.137. The quantitative estimate of drug-likeness (QED) is 0.712. The van der Waals surface area contributed by atoms with E-state index in [1.807, 2.05) is 0 Å². The zero-order chi connectivity index (χ0) is 16.6. The van der Waals surface area contributed by atoms with Crippen molar-refractivity contribution >= 4 is 15.9 Å². The maximum absolute atomic E-state index is 13.0. The van der Waals surface area contributed by atoms with Gasteiger partial charge in [-0.25, -0.2) is 0 Å². The number of nitrogens with zero attached hydrogens (tertiary/aromatic N) is 3. The Hall–Kier alpha value is -2.42. The Morgan fingerprint density at radius 1 is 1.17 bits per heavy atom. The summed E-state index contributed by atoms with van der Waals surface area (Å²) < 4.78 is 44.6. The van der Waals surface area contributed by atoms with Gasteiger partial charge in [0.05, 0.1) is 11.1 Å². The van der Waals surface area contributed by atoms with Crippen molar-refractivity contribution in [1.82, 2.24) is 15.1 Å². The molecule has 0 amide bonds. The van der Waals surface area contributed by atoms with Crippen LogP contribution in [0.1, 0.15) is 5.56 Å². The molecule has 3 rings (SSSR count). The second kappa shape index (κ2) is 5.65. The lowest BCUT2D eigenvalue weighted by Gasteiger charge is -2.08. The normalized spacial score (nSPS) is 11.7. The fourth-order valence-corrected chi connectivity index (χ4v) is 2.28. The third-order valence-corrected chi connectivity index (χ3v) is 3.43. The summed E-state index contributed by atoms with van der Waals surface area (Å²) in [4.78, 5) is 7.59. The third kappa shape index (κ3) is 3.04. The van der Waals surface area contributed by atoms with Gasteiger partial charge in [-0.1, -0.05) is 21.1 Å². The summed E-state index contributed by atoms with van der Waals surface area (Å²) in [7, 11) is 0. The molecular formula is C14H7BrF3N3O2. The highest BCUT2D eigenvalue weighted by Gasteiger charge is 2.35. The fraction of sp³-hybridized carbons (Fsp3) is 0.0714. The molecule has 2 heterocycles. The summed E-state index contributed by atoms with van der Waals surface area (Å²) in [5.74, 6) is -0.564. The SMILES string of the molecule is Oc1ccc(Br)cc1-c1nc(-c2ncccc2C(F)(F)F)no1. The molecule has 0 aliphatic carbocycles. The molecule has 0 aliphatic heterocycles. The molecule has 3 aromatic rings. The second-order valence-electron chi connectivity index (χ2n) is 4.48. The number of alkyl halides is 3. The number of halogens is 4. The van der Waals surface area contributed by atoms with Crippen molar-refractivity contribution in [1.29, 1.82) is 0 Å². The number of aromatic nitrogens is 3. The van der Waals surface area contributed by atoms with Gasteiger partial charge in [0.2, 0.25) is 5.82 Å². The van der Waals surface area contributed by atoms with Crippen molar-refractivity contribution in [2.75, 3.05) is 0 Å². The van der Waals surface area contributed by atoms with E-state index in [1.54, 1.807) is 6.07 Å². The standard InChI is InChI=1S/C14H7BrF3N3O2/c15-7-3-4-10(22)8(6-7)13-20-12(21-23-13)11-9(14(16,17)18)2-1-5-19-11/h1-6,22H. The molecule has 0 unspecified atom stereocenters. The Kier molecular flexibility index (Phi) is 3.80. The second-order valence-corrected chi connectivity index (χ2v) is 5.40. The molecule has 0 saturated carbocycles. The summed E-state index contributed by atoms with van der Waals surface area (Å²) >= 11 is 3.22. The van der Waals surface area contributed by atoms with Gasteiger partial charge in [-0.3, -0.25) is 4.98 Å². The molecule has 23 heavy (non-hydrogen) atoms. The van der Waals surface area contributed by atoms with Crippen LogP contribution in [0.25, 0.3) is 23.0 Å². The Morgan fingerprint density at radius 2 is 1.96 bits per heavy atom. The number of aromatic hydroxyl groups is 1. The van der Waals surface area contributed by atoms with Gasteiger partial charge in [-0.05, 0) is 30.3 Å². The Labute approximate surface area is 135 Å². The van der Waals surface area contributed by atoms with Crippen molar-refractivity contribution in [3.05, 3.63) is 46.6 Å². The topological polar surface area (TPSA) is 72.0 Å². The number of hydrogen-bond donors (Lipinski definition) is 1. The van der Waals surface area contributed by atoms with Crippen LogP contribution in [0.4, 0.5) is 13.2 Å². The van der Waals surface area contributed by atoms with E-state index in [4.69, 9.17) is 4.52 Å². The van der Waals surface area contributed by atoms with Gasteiger partial charge in [-0.2, -0.15) is 18.2 Å². The van der Waals surface area contributed by atoms with E-state index >= 15 is 0 Å². The van der Waals surface area contributed by atoms with Crippen molar-refractivity contribution in [3.8, 4) is 28.7 Å². The van der Waals surface area contributed by atoms with Crippen LogP contribution in [0.15, 0.2) is 45.5 Å². The molecule has 0 atom stereocenters.